The second-order valence-electron chi connectivity index (χ2n) is 10.6. The zero-order chi connectivity index (χ0) is 33.4. The van der Waals surface area contributed by atoms with Gasteiger partial charge in [-0.15, -0.1) is 0 Å². The molecule has 5 aromatic rings. The zero-order valence-electron chi connectivity index (χ0n) is 29.8. The minimum Gasteiger partial charge on any atom is -0.455 e. The maximum atomic E-state index is 9.41. The molecule has 1 saturated heterocycles. The predicted octanol–water partition coefficient (Wildman–Crippen LogP) is 9.39. The molecule has 0 N–H and O–H groups in total. The van der Waals surface area contributed by atoms with Crippen LogP contribution in [0.1, 0.15) is 53.3 Å². The molecule has 3 nitrogen and oxygen atoms in total. The Kier molecular flexibility index (Phi) is 3.78. The van der Waals surface area contributed by atoms with Crippen LogP contribution < -0.4 is 0 Å². The van der Waals surface area contributed by atoms with E-state index in [-0.39, 0.29) is 51.2 Å². The van der Waals surface area contributed by atoms with Crippen molar-refractivity contribution >= 4 is 30.0 Å². The van der Waals surface area contributed by atoms with Crippen molar-refractivity contribution in [3.63, 3.8) is 0 Å². The molecule has 0 amide bonds. The van der Waals surface area contributed by atoms with Crippen LogP contribution in [0.3, 0.4) is 0 Å². The third-order valence-electron chi connectivity index (χ3n) is 7.55. The first-order valence-electron chi connectivity index (χ1n) is 17.0. The number of pyridine rings is 1. The molecule has 2 aromatic heterocycles. The predicted molar refractivity (Wildman–Crippen MR) is 156 cm³/mol. The smallest absolute Gasteiger partial charge is 0.144 e. The number of hydrogen-bond acceptors (Lipinski definition) is 3. The number of rotatable bonds is 3. The highest BCUT2D eigenvalue weighted by Gasteiger charge is 2.29. The molecule has 37 heavy (non-hydrogen) atoms. The molecule has 3 heterocycles. The summed E-state index contributed by atoms with van der Waals surface area (Å²) in [5, 5.41) is 10.7. The average Bonchev–Trinajstić information content (AvgIpc) is 3.37. The number of fused-ring (bicyclic) bond motifs is 3. The standard InChI is InChI=1S/C33H32N2OSi/c1-21-16-25(24-12-14-37(3,4)15-13-24)9-11-26(21)30-18-31(35-20-22(30)2)29-7-5-6-28-27-10-8-23(19-34)17-32(27)36-33(28)29/h5-11,16-18,20,24H,12-15H2,1-4H3/i1D3,2D3,11D,17D,24D. The summed E-state index contributed by atoms with van der Waals surface area (Å²) in [7, 11) is -1.43. The topological polar surface area (TPSA) is 49.8 Å². The van der Waals surface area contributed by atoms with Gasteiger partial charge in [0.2, 0.25) is 0 Å². The summed E-state index contributed by atoms with van der Waals surface area (Å²) in [5.74, 6) is -1.02. The van der Waals surface area contributed by atoms with Crippen LogP contribution in [-0.2, 0) is 0 Å². The van der Waals surface area contributed by atoms with E-state index >= 15 is 0 Å². The molecule has 4 heteroatoms. The van der Waals surface area contributed by atoms with E-state index in [1.54, 1.807) is 24.3 Å². The largest absolute Gasteiger partial charge is 0.455 e. The normalized spacial score (nSPS) is 20.8. The molecule has 6 rings (SSSR count). The lowest BCUT2D eigenvalue weighted by molar-refractivity contribution is 0.602. The summed E-state index contributed by atoms with van der Waals surface area (Å²) in [6, 6.07) is 16.7. The Balaban J connectivity index is 1.59. The zero-order valence-corrected chi connectivity index (χ0v) is 21.8. The van der Waals surface area contributed by atoms with Gasteiger partial charge in [0.15, 0.2) is 0 Å². The summed E-state index contributed by atoms with van der Waals surface area (Å²) >= 11 is 0. The van der Waals surface area contributed by atoms with Gasteiger partial charge in [0.25, 0.3) is 0 Å². The third-order valence-corrected chi connectivity index (χ3v) is 10.8. The summed E-state index contributed by atoms with van der Waals surface area (Å²) < 4.78 is 83.1. The van der Waals surface area contributed by atoms with Crippen molar-refractivity contribution in [2.24, 2.45) is 0 Å². The van der Waals surface area contributed by atoms with Crippen molar-refractivity contribution in [2.75, 3.05) is 0 Å². The third kappa shape index (κ3) is 4.28. The Hall–Kier alpha value is -3.68. The Labute approximate surface area is 232 Å². The van der Waals surface area contributed by atoms with Gasteiger partial charge in [-0.1, -0.05) is 55.5 Å². The van der Waals surface area contributed by atoms with Crippen LogP contribution in [0, 0.1) is 25.0 Å². The van der Waals surface area contributed by atoms with Gasteiger partial charge >= 0.3 is 0 Å². The monoisotopic (exact) mass is 509 g/mol. The van der Waals surface area contributed by atoms with Gasteiger partial charge in [-0.25, -0.2) is 0 Å². The van der Waals surface area contributed by atoms with Crippen LogP contribution in [0.25, 0.3) is 44.3 Å². The van der Waals surface area contributed by atoms with Gasteiger partial charge in [0.05, 0.1) is 20.1 Å². The average molecular weight is 510 g/mol. The van der Waals surface area contributed by atoms with E-state index < -0.39 is 27.7 Å². The number of para-hydroxylation sites is 1. The van der Waals surface area contributed by atoms with Gasteiger partial charge in [-0.05, 0) is 90.6 Å². The number of aromatic nitrogens is 1. The number of nitrogens with zero attached hydrogens (tertiary/aromatic N) is 2. The second kappa shape index (κ2) is 9.01. The molecule has 0 bridgehead atoms. The lowest BCUT2D eigenvalue weighted by Crippen LogP contribution is -2.30. The van der Waals surface area contributed by atoms with Crippen molar-refractivity contribution in [3.05, 3.63) is 89.1 Å². The highest BCUT2D eigenvalue weighted by Crippen LogP contribution is 2.41. The fourth-order valence-corrected chi connectivity index (χ4v) is 7.45. The van der Waals surface area contributed by atoms with Crippen molar-refractivity contribution in [1.82, 2.24) is 4.98 Å². The molecule has 0 aliphatic carbocycles. The first kappa shape index (κ1) is 15.5. The van der Waals surface area contributed by atoms with Gasteiger partial charge in [0.1, 0.15) is 11.2 Å². The summed E-state index contributed by atoms with van der Waals surface area (Å²) in [6.45, 7) is -0.791. The van der Waals surface area contributed by atoms with E-state index in [9.17, 15) is 6.63 Å². The van der Waals surface area contributed by atoms with Gasteiger partial charge in [-0.3, -0.25) is 4.98 Å². The molecule has 0 spiro atoms. The second-order valence-corrected chi connectivity index (χ2v) is 15.9. The van der Waals surface area contributed by atoms with Crippen LogP contribution in [0.5, 0.6) is 0 Å². The Bertz CT molecular complexity index is 2060. The molecule has 184 valence electrons. The molecule has 0 saturated carbocycles. The van der Waals surface area contributed by atoms with E-state index in [0.29, 0.717) is 40.3 Å². The Morgan fingerprint density at radius 2 is 1.86 bits per heavy atom. The highest BCUT2D eigenvalue weighted by molar-refractivity contribution is 6.77. The number of benzene rings is 3. The maximum absolute atomic E-state index is 9.41. The Morgan fingerprint density at radius 1 is 1.03 bits per heavy atom. The van der Waals surface area contributed by atoms with Crippen molar-refractivity contribution in [2.45, 2.75) is 57.6 Å². The SMILES string of the molecule is [2H]c1cc(C2([2H])CC[Si](C)(C)CC2)cc(C([2H])([2H])[2H])c1-c1cc(-c2cccc3c2oc2c([2H])c(C#N)ccc23)ncc1C([2H])([2H])[2H]. The quantitative estimate of drug-likeness (QED) is 0.228. The minimum absolute atomic E-state index is 0.0310. The molecule has 0 radical (unpaired) electrons. The van der Waals surface area contributed by atoms with Crippen LogP contribution in [0.2, 0.25) is 25.2 Å². The van der Waals surface area contributed by atoms with Crippen molar-refractivity contribution < 1.29 is 16.8 Å². The number of furan rings is 1. The van der Waals surface area contributed by atoms with Crippen molar-refractivity contribution in [1.29, 1.82) is 5.26 Å². The maximum Gasteiger partial charge on any atom is 0.144 e. The van der Waals surface area contributed by atoms with Gasteiger partial charge < -0.3 is 4.42 Å². The summed E-state index contributed by atoms with van der Waals surface area (Å²) in [4.78, 5) is 4.47. The summed E-state index contributed by atoms with van der Waals surface area (Å²) in [5.41, 5.74) is 1.64. The molecule has 1 fully saturated rings. The Morgan fingerprint density at radius 3 is 2.65 bits per heavy atom. The van der Waals surface area contributed by atoms with Crippen LogP contribution in [0.4, 0.5) is 0 Å². The molecular formula is C33H32N2OSi. The van der Waals surface area contributed by atoms with E-state index in [1.807, 2.05) is 12.1 Å². The fraction of sp³-hybridized carbons (Fsp3) is 0.273. The van der Waals surface area contributed by atoms with E-state index in [1.165, 1.54) is 24.4 Å². The lowest BCUT2D eigenvalue weighted by Gasteiger charge is -2.33. The van der Waals surface area contributed by atoms with Crippen molar-refractivity contribution in [3.8, 4) is 28.5 Å². The highest BCUT2D eigenvalue weighted by atomic mass is 28.3. The molecule has 3 aromatic carbocycles. The first-order valence-corrected chi connectivity index (χ1v) is 15.9. The van der Waals surface area contributed by atoms with Gasteiger partial charge in [-0.2, -0.15) is 5.26 Å². The van der Waals surface area contributed by atoms with E-state index in [4.69, 9.17) is 15.4 Å². The molecular weight excluding hydrogens is 468 g/mol. The molecule has 0 atom stereocenters. The molecule has 1 aliphatic heterocycles. The van der Waals surface area contributed by atoms with E-state index in [2.05, 4.69) is 18.1 Å². The molecule has 1 aliphatic rings. The number of hydrogen-bond donors (Lipinski definition) is 0. The first-order chi connectivity index (χ1) is 21.4. The van der Waals surface area contributed by atoms with Crippen LogP contribution in [0.15, 0.2) is 71.2 Å². The minimum atomic E-state index is -2.70. The van der Waals surface area contributed by atoms with Gasteiger partial charge in [0, 0.05) is 40.2 Å². The fourth-order valence-electron chi connectivity index (χ4n) is 5.25. The summed E-state index contributed by atoms with van der Waals surface area (Å²) in [6.07, 6.45) is 2.37. The number of aryl methyl sites for hydroxylation is 2. The lowest BCUT2D eigenvalue weighted by atomic mass is 9.88. The van der Waals surface area contributed by atoms with Crippen LogP contribution >= 0.6 is 0 Å². The van der Waals surface area contributed by atoms with E-state index in [0.717, 1.165) is 12.1 Å². The number of nitriles is 1. The molecule has 0 unspecified atom stereocenters. The van der Waals surface area contributed by atoms with Crippen LogP contribution in [-0.4, -0.2) is 13.1 Å².